The lowest BCUT2D eigenvalue weighted by Crippen LogP contribution is -1.44. The van der Waals surface area contributed by atoms with Crippen molar-refractivity contribution in [3.8, 4) is 0 Å². The summed E-state index contributed by atoms with van der Waals surface area (Å²) in [6.45, 7) is 26.6. The molecular formula is C13H23. The Kier molecular flexibility index (Phi) is 77.1. The SMILES string of the molecule is C=C.[CH2]/C=C\C=C.[CH2]C.[CH2]C(=C)C. The molecule has 0 aromatic heterocycles. The summed E-state index contributed by atoms with van der Waals surface area (Å²) in [5.41, 5.74) is 0.917. The molecule has 0 aliphatic carbocycles. The van der Waals surface area contributed by atoms with Crippen LogP contribution in [0.15, 0.2) is 50.1 Å². The third-order valence-electron chi connectivity index (χ3n) is 0.272. The van der Waals surface area contributed by atoms with E-state index in [-0.39, 0.29) is 0 Å². The average molecular weight is 179 g/mol. The van der Waals surface area contributed by atoms with Crippen molar-refractivity contribution >= 4 is 0 Å². The van der Waals surface area contributed by atoms with Crippen molar-refractivity contribution in [3.63, 3.8) is 0 Å². The highest BCUT2D eigenvalue weighted by Gasteiger charge is 1.52. The maximum atomic E-state index is 3.44. The number of hydrogen-bond donors (Lipinski definition) is 0. The Hall–Kier alpha value is -1.04. The van der Waals surface area contributed by atoms with Gasteiger partial charge in [-0.05, 0) is 20.8 Å². The molecule has 0 unspecified atom stereocenters. The van der Waals surface area contributed by atoms with E-state index in [1.165, 1.54) is 0 Å². The van der Waals surface area contributed by atoms with Gasteiger partial charge in [-0.2, -0.15) is 0 Å². The molecule has 0 saturated carbocycles. The highest BCUT2D eigenvalue weighted by Crippen LogP contribution is 1.72. The molecule has 0 aromatic rings. The molecule has 0 atom stereocenters. The third-order valence-corrected chi connectivity index (χ3v) is 0.272. The molecule has 0 bridgehead atoms. The van der Waals surface area contributed by atoms with Gasteiger partial charge < -0.3 is 0 Å². The van der Waals surface area contributed by atoms with Crippen LogP contribution < -0.4 is 0 Å². The van der Waals surface area contributed by atoms with Crippen molar-refractivity contribution in [1.82, 2.24) is 0 Å². The van der Waals surface area contributed by atoms with Crippen LogP contribution in [-0.2, 0) is 0 Å². The van der Waals surface area contributed by atoms with Crippen molar-refractivity contribution in [1.29, 1.82) is 0 Å². The second kappa shape index (κ2) is 44.2. The number of hydrogen-bond acceptors (Lipinski definition) is 0. The average Bonchev–Trinajstić information content (AvgIpc) is 2.12. The zero-order valence-electron chi connectivity index (χ0n) is 9.18. The van der Waals surface area contributed by atoms with Gasteiger partial charge in [-0.15, -0.1) is 19.7 Å². The van der Waals surface area contributed by atoms with E-state index >= 15 is 0 Å². The lowest BCUT2D eigenvalue weighted by Gasteiger charge is -1.65. The van der Waals surface area contributed by atoms with Crippen LogP contribution in [0.2, 0.25) is 0 Å². The fraction of sp³-hybridized carbons (Fsp3) is 0.154. The summed E-state index contributed by atoms with van der Waals surface area (Å²) >= 11 is 0. The normalized spacial score (nSPS) is 6.23. The summed E-state index contributed by atoms with van der Waals surface area (Å²) in [7, 11) is 0. The standard InChI is InChI=1S/C5H7.C4H7.C2H5.C2H4/c1-3-5-4-2;1-4(2)3;2*1-2/h3-5H,1-2H2;1-2H2,3H3;1H2,2H3;1-2H2/b5-3-;;;. The minimum atomic E-state index is 0.917. The molecule has 3 radical (unpaired) electrons. The van der Waals surface area contributed by atoms with Crippen LogP contribution in [0.4, 0.5) is 0 Å². The van der Waals surface area contributed by atoms with E-state index in [1.807, 2.05) is 6.92 Å². The second-order valence-electron chi connectivity index (χ2n) is 1.62. The Balaban J connectivity index is -0.0000000457. The molecule has 0 amide bonds. The Morgan fingerprint density at radius 3 is 1.38 bits per heavy atom. The third kappa shape index (κ3) is 955. The molecule has 0 saturated heterocycles. The minimum Gasteiger partial charge on any atom is -0.106 e. The van der Waals surface area contributed by atoms with Gasteiger partial charge in [0.05, 0.1) is 0 Å². The van der Waals surface area contributed by atoms with Crippen LogP contribution >= 0.6 is 0 Å². The second-order valence-corrected chi connectivity index (χ2v) is 1.62. The fourth-order valence-corrected chi connectivity index (χ4v) is 0.0962. The molecule has 0 aliphatic heterocycles. The highest BCUT2D eigenvalue weighted by molar-refractivity contribution is 4.98. The predicted octanol–water partition coefficient (Wildman–Crippen LogP) is 4.60. The Bertz CT molecular complexity index is 103. The molecule has 0 spiro atoms. The Morgan fingerprint density at radius 1 is 1.15 bits per heavy atom. The van der Waals surface area contributed by atoms with Crippen molar-refractivity contribution in [2.24, 2.45) is 0 Å². The predicted molar refractivity (Wildman–Crippen MR) is 67.2 cm³/mol. The van der Waals surface area contributed by atoms with Crippen molar-refractivity contribution in [3.05, 3.63) is 70.9 Å². The molecule has 0 fully saturated rings. The molecule has 75 valence electrons. The van der Waals surface area contributed by atoms with E-state index in [2.05, 4.69) is 47.1 Å². The first-order valence-electron chi connectivity index (χ1n) is 3.90. The first-order chi connectivity index (χ1) is 6.15. The number of rotatable bonds is 1. The lowest BCUT2D eigenvalue weighted by molar-refractivity contribution is 1.58. The van der Waals surface area contributed by atoms with Crippen molar-refractivity contribution < 1.29 is 0 Å². The topological polar surface area (TPSA) is 0 Å². The first kappa shape index (κ1) is 22.7. The first-order valence-corrected chi connectivity index (χ1v) is 3.90. The van der Waals surface area contributed by atoms with Gasteiger partial charge in [0.15, 0.2) is 0 Å². The summed E-state index contributed by atoms with van der Waals surface area (Å²) < 4.78 is 0. The summed E-state index contributed by atoms with van der Waals surface area (Å²) in [6, 6.07) is 0. The van der Waals surface area contributed by atoms with E-state index in [1.54, 1.807) is 25.2 Å². The van der Waals surface area contributed by atoms with Crippen LogP contribution in [0, 0.1) is 20.8 Å². The summed E-state index contributed by atoms with van der Waals surface area (Å²) in [6.07, 6.45) is 5.15. The summed E-state index contributed by atoms with van der Waals surface area (Å²) in [5.74, 6) is 0. The van der Waals surface area contributed by atoms with Gasteiger partial charge in [-0.25, -0.2) is 0 Å². The van der Waals surface area contributed by atoms with E-state index in [9.17, 15) is 0 Å². The maximum absolute atomic E-state index is 3.44. The zero-order chi connectivity index (χ0) is 11.7. The largest absolute Gasteiger partial charge is 0.106 e. The van der Waals surface area contributed by atoms with Crippen LogP contribution in [-0.4, -0.2) is 0 Å². The quantitative estimate of drug-likeness (QED) is 0.407. The maximum Gasteiger partial charge on any atom is -0.0289 e. The fourth-order valence-electron chi connectivity index (χ4n) is 0.0962. The van der Waals surface area contributed by atoms with E-state index in [0.29, 0.717) is 0 Å². The van der Waals surface area contributed by atoms with Crippen LogP contribution in [0.25, 0.3) is 0 Å². The summed E-state index contributed by atoms with van der Waals surface area (Å²) in [5, 5.41) is 0. The number of allylic oxidation sites excluding steroid dienone is 4. The van der Waals surface area contributed by atoms with Crippen molar-refractivity contribution in [2.75, 3.05) is 0 Å². The smallest absolute Gasteiger partial charge is 0.0289 e. The van der Waals surface area contributed by atoms with Crippen molar-refractivity contribution in [2.45, 2.75) is 13.8 Å². The lowest BCUT2D eigenvalue weighted by atomic mass is 10.4. The highest BCUT2D eigenvalue weighted by atomic mass is 13.6. The summed E-state index contributed by atoms with van der Waals surface area (Å²) in [4.78, 5) is 0. The van der Waals surface area contributed by atoms with E-state index in [0.717, 1.165) is 5.57 Å². The molecule has 0 nitrogen and oxygen atoms in total. The van der Waals surface area contributed by atoms with E-state index in [4.69, 9.17) is 0 Å². The molecule has 0 aromatic carbocycles. The van der Waals surface area contributed by atoms with Gasteiger partial charge in [0.1, 0.15) is 0 Å². The molecule has 13 heavy (non-hydrogen) atoms. The van der Waals surface area contributed by atoms with Gasteiger partial charge >= 0.3 is 0 Å². The molecule has 0 aliphatic rings. The molecule has 0 rings (SSSR count). The monoisotopic (exact) mass is 179 g/mol. The van der Waals surface area contributed by atoms with Gasteiger partial charge in [0.2, 0.25) is 0 Å². The van der Waals surface area contributed by atoms with E-state index < -0.39 is 0 Å². The van der Waals surface area contributed by atoms with Crippen LogP contribution in [0.3, 0.4) is 0 Å². The van der Waals surface area contributed by atoms with Crippen LogP contribution in [0.1, 0.15) is 13.8 Å². The van der Waals surface area contributed by atoms with Crippen LogP contribution in [0.5, 0.6) is 0 Å². The molecular weight excluding hydrogens is 156 g/mol. The zero-order valence-corrected chi connectivity index (χ0v) is 9.18. The Labute approximate surface area is 85.4 Å². The molecule has 0 heterocycles. The van der Waals surface area contributed by atoms with Gasteiger partial charge in [0.25, 0.3) is 0 Å². The minimum absolute atomic E-state index is 0.917. The van der Waals surface area contributed by atoms with Gasteiger partial charge in [-0.3, -0.25) is 0 Å². The molecule has 0 N–H and O–H groups in total. The van der Waals surface area contributed by atoms with Gasteiger partial charge in [0, 0.05) is 0 Å². The molecule has 0 heteroatoms. The van der Waals surface area contributed by atoms with Gasteiger partial charge in [-0.1, -0.05) is 44.2 Å². The Morgan fingerprint density at radius 2 is 1.38 bits per heavy atom.